The second kappa shape index (κ2) is 9.46. The number of aromatic amines is 1. The number of hydrogen-bond donors (Lipinski definition) is 1. The zero-order valence-electron chi connectivity index (χ0n) is 16.4. The van der Waals surface area contributed by atoms with E-state index in [-0.39, 0.29) is 5.91 Å². The molecule has 0 aliphatic heterocycles. The lowest BCUT2D eigenvalue weighted by molar-refractivity contribution is -0.131. The first-order valence-electron chi connectivity index (χ1n) is 9.62. The lowest BCUT2D eigenvalue weighted by Gasteiger charge is -2.21. The topological polar surface area (TPSA) is 53.9 Å². The highest BCUT2D eigenvalue weighted by molar-refractivity contribution is 7.71. The van der Waals surface area contributed by atoms with E-state index in [1.807, 2.05) is 65.8 Å². The molecule has 0 unspecified atom stereocenters. The van der Waals surface area contributed by atoms with Crippen LogP contribution in [-0.2, 0) is 17.8 Å². The predicted molar refractivity (Wildman–Crippen MR) is 115 cm³/mol. The molecule has 1 amide bonds. The van der Waals surface area contributed by atoms with Gasteiger partial charge in [-0.25, -0.2) is 0 Å². The average molecular weight is 395 g/mol. The van der Waals surface area contributed by atoms with Crippen LogP contribution in [0.4, 0.5) is 0 Å². The summed E-state index contributed by atoms with van der Waals surface area (Å²) in [6.07, 6.45) is 1.26. The standard InChI is InChI=1S/C22H26N4OS/c1-3-25(15-13-18-7-5-4-6-8-18)20(27)14-16-26-21(23-24-22(26)28)19-11-9-17(2)10-12-19/h4-12H,3,13-16H2,1-2H3,(H,24,28). The summed E-state index contributed by atoms with van der Waals surface area (Å²) in [5, 5.41) is 7.21. The van der Waals surface area contributed by atoms with Crippen LogP contribution in [0.5, 0.6) is 0 Å². The number of H-pyrrole nitrogens is 1. The molecule has 0 fully saturated rings. The summed E-state index contributed by atoms with van der Waals surface area (Å²) >= 11 is 5.38. The van der Waals surface area contributed by atoms with Crippen LogP contribution < -0.4 is 0 Å². The Kier molecular flexibility index (Phi) is 6.76. The third-order valence-electron chi connectivity index (χ3n) is 4.86. The lowest BCUT2D eigenvalue weighted by Crippen LogP contribution is -2.33. The summed E-state index contributed by atoms with van der Waals surface area (Å²) in [7, 11) is 0. The maximum Gasteiger partial charge on any atom is 0.224 e. The minimum absolute atomic E-state index is 0.136. The third kappa shape index (κ3) is 4.95. The minimum atomic E-state index is 0.136. The van der Waals surface area contributed by atoms with Crippen molar-refractivity contribution in [2.75, 3.05) is 13.1 Å². The van der Waals surface area contributed by atoms with Gasteiger partial charge in [0.15, 0.2) is 10.6 Å². The molecular formula is C22H26N4OS. The SMILES string of the molecule is CCN(CCc1ccccc1)C(=O)CCn1c(-c2ccc(C)cc2)n[nH]c1=S. The monoisotopic (exact) mass is 394 g/mol. The zero-order chi connectivity index (χ0) is 19.9. The molecule has 3 rings (SSSR count). The number of carbonyl (C=O) groups excluding carboxylic acids is 1. The Bertz CT molecular complexity index is 960. The van der Waals surface area contributed by atoms with Crippen molar-refractivity contribution in [1.29, 1.82) is 0 Å². The number of nitrogens with one attached hydrogen (secondary N) is 1. The van der Waals surface area contributed by atoms with Gasteiger partial charge in [-0.15, -0.1) is 0 Å². The molecule has 146 valence electrons. The van der Waals surface area contributed by atoms with Gasteiger partial charge in [0.1, 0.15) is 0 Å². The molecule has 1 heterocycles. The maximum absolute atomic E-state index is 12.7. The molecule has 1 N–H and O–H groups in total. The van der Waals surface area contributed by atoms with E-state index in [9.17, 15) is 4.79 Å². The number of aryl methyl sites for hydroxylation is 1. The van der Waals surface area contributed by atoms with Crippen LogP contribution in [-0.4, -0.2) is 38.7 Å². The first-order chi connectivity index (χ1) is 13.6. The number of amides is 1. The van der Waals surface area contributed by atoms with Gasteiger partial charge in [-0.1, -0.05) is 60.2 Å². The first-order valence-corrected chi connectivity index (χ1v) is 10.0. The van der Waals surface area contributed by atoms with E-state index in [1.54, 1.807) is 0 Å². The molecule has 0 bridgehead atoms. The van der Waals surface area contributed by atoms with Crippen LogP contribution in [0.15, 0.2) is 54.6 Å². The van der Waals surface area contributed by atoms with Gasteiger partial charge in [0.05, 0.1) is 0 Å². The van der Waals surface area contributed by atoms with Crippen molar-refractivity contribution in [2.45, 2.75) is 33.2 Å². The van der Waals surface area contributed by atoms with Crippen molar-refractivity contribution in [2.24, 2.45) is 0 Å². The van der Waals surface area contributed by atoms with Gasteiger partial charge in [-0.05, 0) is 38.0 Å². The smallest absolute Gasteiger partial charge is 0.224 e. The summed E-state index contributed by atoms with van der Waals surface area (Å²) in [4.78, 5) is 14.6. The largest absolute Gasteiger partial charge is 0.343 e. The summed E-state index contributed by atoms with van der Waals surface area (Å²) in [5.41, 5.74) is 3.42. The molecule has 0 saturated heterocycles. The predicted octanol–water partition coefficient (Wildman–Crippen LogP) is 4.40. The number of benzene rings is 2. The van der Waals surface area contributed by atoms with Crippen molar-refractivity contribution in [3.05, 3.63) is 70.5 Å². The second-order valence-electron chi connectivity index (χ2n) is 6.83. The maximum atomic E-state index is 12.7. The fraction of sp³-hybridized carbons (Fsp3) is 0.318. The first kappa shape index (κ1) is 20.0. The fourth-order valence-electron chi connectivity index (χ4n) is 3.18. The Balaban J connectivity index is 1.64. The average Bonchev–Trinajstić information content (AvgIpc) is 3.08. The van der Waals surface area contributed by atoms with Crippen molar-refractivity contribution >= 4 is 18.1 Å². The molecule has 0 aliphatic carbocycles. The van der Waals surface area contributed by atoms with E-state index in [2.05, 4.69) is 22.3 Å². The number of likely N-dealkylation sites (N-methyl/N-ethyl adjacent to an activating group) is 1. The molecule has 0 aliphatic rings. The molecule has 0 saturated carbocycles. The van der Waals surface area contributed by atoms with Gasteiger partial charge in [0, 0.05) is 31.6 Å². The van der Waals surface area contributed by atoms with Gasteiger partial charge in [0.2, 0.25) is 5.91 Å². The molecule has 3 aromatic rings. The Hall–Kier alpha value is -2.73. The number of nitrogens with zero attached hydrogens (tertiary/aromatic N) is 3. The highest BCUT2D eigenvalue weighted by Crippen LogP contribution is 2.18. The van der Waals surface area contributed by atoms with Gasteiger partial charge in [0.25, 0.3) is 0 Å². The van der Waals surface area contributed by atoms with Crippen LogP contribution in [0.1, 0.15) is 24.5 Å². The van der Waals surface area contributed by atoms with E-state index in [0.29, 0.717) is 24.3 Å². The number of hydrogen-bond acceptors (Lipinski definition) is 3. The third-order valence-corrected chi connectivity index (χ3v) is 5.18. The van der Waals surface area contributed by atoms with E-state index < -0.39 is 0 Å². The van der Waals surface area contributed by atoms with E-state index in [1.165, 1.54) is 11.1 Å². The van der Waals surface area contributed by atoms with Crippen LogP contribution in [0.2, 0.25) is 0 Å². The lowest BCUT2D eigenvalue weighted by atomic mass is 10.1. The van der Waals surface area contributed by atoms with E-state index >= 15 is 0 Å². The van der Waals surface area contributed by atoms with Crippen molar-refractivity contribution in [3.8, 4) is 11.4 Å². The van der Waals surface area contributed by atoms with Crippen LogP contribution in [0.3, 0.4) is 0 Å². The Morgan fingerprint density at radius 2 is 1.86 bits per heavy atom. The molecule has 1 aromatic heterocycles. The Morgan fingerprint density at radius 3 is 2.54 bits per heavy atom. The highest BCUT2D eigenvalue weighted by Gasteiger charge is 2.14. The highest BCUT2D eigenvalue weighted by atomic mass is 32.1. The van der Waals surface area contributed by atoms with Crippen molar-refractivity contribution in [1.82, 2.24) is 19.7 Å². The van der Waals surface area contributed by atoms with Crippen molar-refractivity contribution in [3.63, 3.8) is 0 Å². The molecule has 0 spiro atoms. The van der Waals surface area contributed by atoms with Gasteiger partial charge in [-0.3, -0.25) is 14.5 Å². The summed E-state index contributed by atoms with van der Waals surface area (Å²) in [6.45, 7) is 6.01. The number of aromatic nitrogens is 3. The summed E-state index contributed by atoms with van der Waals surface area (Å²) in [5.74, 6) is 0.904. The van der Waals surface area contributed by atoms with Crippen LogP contribution >= 0.6 is 12.2 Å². The molecular weight excluding hydrogens is 368 g/mol. The van der Waals surface area contributed by atoms with Gasteiger partial charge < -0.3 is 4.90 Å². The summed E-state index contributed by atoms with van der Waals surface area (Å²) in [6, 6.07) is 18.4. The summed E-state index contributed by atoms with van der Waals surface area (Å²) < 4.78 is 2.44. The van der Waals surface area contributed by atoms with Crippen LogP contribution in [0, 0.1) is 11.7 Å². The van der Waals surface area contributed by atoms with E-state index in [0.717, 1.165) is 24.4 Å². The fourth-order valence-corrected chi connectivity index (χ4v) is 3.40. The molecule has 6 heteroatoms. The number of rotatable bonds is 8. The van der Waals surface area contributed by atoms with Crippen molar-refractivity contribution < 1.29 is 4.79 Å². The minimum Gasteiger partial charge on any atom is -0.343 e. The van der Waals surface area contributed by atoms with Gasteiger partial charge in [-0.2, -0.15) is 5.10 Å². The van der Waals surface area contributed by atoms with Crippen LogP contribution in [0.25, 0.3) is 11.4 Å². The molecule has 0 radical (unpaired) electrons. The molecule has 5 nitrogen and oxygen atoms in total. The Morgan fingerprint density at radius 1 is 1.14 bits per heavy atom. The quantitative estimate of drug-likeness (QED) is 0.576. The van der Waals surface area contributed by atoms with E-state index in [4.69, 9.17) is 12.2 Å². The molecule has 0 atom stereocenters. The number of carbonyl (C=O) groups is 1. The second-order valence-corrected chi connectivity index (χ2v) is 7.22. The molecule has 2 aromatic carbocycles. The molecule has 28 heavy (non-hydrogen) atoms. The van der Waals surface area contributed by atoms with Gasteiger partial charge >= 0.3 is 0 Å². The zero-order valence-corrected chi connectivity index (χ0v) is 17.2. The Labute approximate surface area is 171 Å². The normalized spacial score (nSPS) is 10.8.